The van der Waals surface area contributed by atoms with Crippen molar-refractivity contribution in [2.45, 2.75) is 38.8 Å². The third kappa shape index (κ3) is 5.19. The molecule has 0 spiro atoms. The van der Waals surface area contributed by atoms with Gasteiger partial charge in [-0.2, -0.15) is 0 Å². The molecule has 0 saturated heterocycles. The first-order chi connectivity index (χ1) is 5.97. The highest BCUT2D eigenvalue weighted by Gasteiger charge is 2.15. The Hall–Kier alpha value is -1.10. The van der Waals surface area contributed by atoms with Crippen molar-refractivity contribution >= 4 is 11.9 Å². The van der Waals surface area contributed by atoms with Crippen molar-refractivity contribution in [1.29, 1.82) is 0 Å². The summed E-state index contributed by atoms with van der Waals surface area (Å²) in [5, 5.41) is 11.0. The van der Waals surface area contributed by atoms with Crippen molar-refractivity contribution < 1.29 is 14.7 Å². The van der Waals surface area contributed by atoms with Crippen LogP contribution in [0, 0.1) is 0 Å². The van der Waals surface area contributed by atoms with Crippen LogP contribution in [0.4, 0.5) is 0 Å². The summed E-state index contributed by atoms with van der Waals surface area (Å²) in [5.41, 5.74) is 5.31. The molecule has 5 nitrogen and oxygen atoms in total. The van der Waals surface area contributed by atoms with Crippen LogP contribution in [0.1, 0.15) is 26.7 Å². The van der Waals surface area contributed by atoms with Gasteiger partial charge in [0.15, 0.2) is 0 Å². The van der Waals surface area contributed by atoms with Gasteiger partial charge in [0.2, 0.25) is 5.91 Å². The molecular formula is C8H16N2O3. The fourth-order valence-corrected chi connectivity index (χ4v) is 0.841. The van der Waals surface area contributed by atoms with Crippen LogP contribution < -0.4 is 11.1 Å². The van der Waals surface area contributed by atoms with Gasteiger partial charge in [0, 0.05) is 6.04 Å². The number of amides is 1. The number of carbonyl (C=O) groups excluding carboxylic acids is 1. The standard InChI is InChI=1S/C8H16N2O3/c1-3-6(4-7(11)12)10-8(13)5(2)9/h5-6H,3-4,9H2,1-2H3,(H,10,13)(H,11,12). The Morgan fingerprint density at radius 1 is 1.54 bits per heavy atom. The van der Waals surface area contributed by atoms with E-state index in [1.807, 2.05) is 6.92 Å². The minimum absolute atomic E-state index is 0.0606. The van der Waals surface area contributed by atoms with Crippen LogP contribution in [0.15, 0.2) is 0 Å². The zero-order valence-corrected chi connectivity index (χ0v) is 7.91. The van der Waals surface area contributed by atoms with Crippen molar-refractivity contribution in [3.05, 3.63) is 0 Å². The van der Waals surface area contributed by atoms with E-state index in [9.17, 15) is 9.59 Å². The third-order valence-corrected chi connectivity index (χ3v) is 1.67. The van der Waals surface area contributed by atoms with Crippen LogP contribution in [-0.4, -0.2) is 29.1 Å². The number of nitrogens with one attached hydrogen (secondary N) is 1. The second-order valence-corrected chi connectivity index (χ2v) is 3.00. The van der Waals surface area contributed by atoms with Gasteiger partial charge in [-0.15, -0.1) is 0 Å². The maximum Gasteiger partial charge on any atom is 0.305 e. The lowest BCUT2D eigenvalue weighted by Gasteiger charge is -2.16. The molecule has 4 N–H and O–H groups in total. The molecule has 76 valence electrons. The summed E-state index contributed by atoms with van der Waals surface area (Å²) in [4.78, 5) is 21.4. The van der Waals surface area contributed by atoms with Gasteiger partial charge in [-0.3, -0.25) is 9.59 Å². The monoisotopic (exact) mass is 188 g/mol. The minimum atomic E-state index is -0.920. The quantitative estimate of drug-likeness (QED) is 0.552. The minimum Gasteiger partial charge on any atom is -0.481 e. The number of hydrogen-bond acceptors (Lipinski definition) is 3. The first kappa shape index (κ1) is 11.9. The van der Waals surface area contributed by atoms with Gasteiger partial charge in [0.05, 0.1) is 12.5 Å². The highest BCUT2D eigenvalue weighted by molar-refractivity contribution is 5.81. The second kappa shape index (κ2) is 5.53. The molecule has 0 saturated carbocycles. The molecule has 13 heavy (non-hydrogen) atoms. The van der Waals surface area contributed by atoms with E-state index >= 15 is 0 Å². The molecular weight excluding hydrogens is 172 g/mol. The van der Waals surface area contributed by atoms with E-state index in [0.29, 0.717) is 6.42 Å². The molecule has 0 aliphatic carbocycles. The summed E-state index contributed by atoms with van der Waals surface area (Å²) in [6, 6.07) is -0.918. The lowest BCUT2D eigenvalue weighted by Crippen LogP contribution is -2.44. The Balaban J connectivity index is 3.97. The van der Waals surface area contributed by atoms with E-state index in [1.165, 1.54) is 0 Å². The average molecular weight is 188 g/mol. The van der Waals surface area contributed by atoms with Crippen molar-refractivity contribution in [2.24, 2.45) is 5.73 Å². The lowest BCUT2D eigenvalue weighted by molar-refractivity contribution is -0.137. The maximum atomic E-state index is 11.1. The van der Waals surface area contributed by atoms with Crippen molar-refractivity contribution in [3.8, 4) is 0 Å². The highest BCUT2D eigenvalue weighted by Crippen LogP contribution is 1.97. The summed E-state index contributed by atoms with van der Waals surface area (Å²) in [5.74, 6) is -1.23. The molecule has 0 aliphatic rings. The van der Waals surface area contributed by atoms with Gasteiger partial charge in [-0.1, -0.05) is 6.92 Å². The summed E-state index contributed by atoms with van der Waals surface area (Å²) in [6.45, 7) is 3.37. The van der Waals surface area contributed by atoms with Gasteiger partial charge >= 0.3 is 5.97 Å². The summed E-state index contributed by atoms with van der Waals surface area (Å²) in [6.07, 6.45) is 0.528. The largest absolute Gasteiger partial charge is 0.481 e. The Morgan fingerprint density at radius 3 is 2.38 bits per heavy atom. The van der Waals surface area contributed by atoms with Crippen LogP contribution in [0.2, 0.25) is 0 Å². The summed E-state index contributed by atoms with van der Waals surface area (Å²) < 4.78 is 0. The Bertz CT molecular complexity index is 192. The average Bonchev–Trinajstić information content (AvgIpc) is 2.02. The first-order valence-electron chi connectivity index (χ1n) is 4.25. The number of nitrogens with two attached hydrogens (primary N) is 1. The number of carbonyl (C=O) groups is 2. The van der Waals surface area contributed by atoms with E-state index in [-0.39, 0.29) is 18.4 Å². The van der Waals surface area contributed by atoms with Crippen LogP contribution in [0.25, 0.3) is 0 Å². The molecule has 0 aromatic carbocycles. The van der Waals surface area contributed by atoms with Crippen molar-refractivity contribution in [2.75, 3.05) is 0 Å². The first-order valence-corrected chi connectivity index (χ1v) is 4.25. The SMILES string of the molecule is CCC(CC(=O)O)NC(=O)C(C)N. The summed E-state index contributed by atoms with van der Waals surface area (Å²) >= 11 is 0. The third-order valence-electron chi connectivity index (χ3n) is 1.67. The lowest BCUT2D eigenvalue weighted by atomic mass is 10.1. The number of rotatable bonds is 5. The van der Waals surface area contributed by atoms with Gasteiger partial charge < -0.3 is 16.2 Å². The van der Waals surface area contributed by atoms with Crippen LogP contribution >= 0.6 is 0 Å². The molecule has 0 aromatic heterocycles. The predicted molar refractivity (Wildman–Crippen MR) is 48.1 cm³/mol. The number of aliphatic carboxylic acids is 1. The molecule has 5 heteroatoms. The predicted octanol–water partition coefficient (Wildman–Crippen LogP) is -0.297. The smallest absolute Gasteiger partial charge is 0.305 e. The molecule has 1 amide bonds. The van der Waals surface area contributed by atoms with Crippen LogP contribution in [0.5, 0.6) is 0 Å². The van der Waals surface area contributed by atoms with E-state index in [0.717, 1.165) is 0 Å². The Morgan fingerprint density at radius 2 is 2.08 bits per heavy atom. The molecule has 0 aliphatic heterocycles. The van der Waals surface area contributed by atoms with Crippen molar-refractivity contribution in [1.82, 2.24) is 5.32 Å². The fraction of sp³-hybridized carbons (Fsp3) is 0.750. The Labute approximate surface area is 77.3 Å². The normalized spacial score (nSPS) is 14.7. The number of carboxylic acids is 1. The molecule has 0 aromatic rings. The van der Waals surface area contributed by atoms with Crippen LogP contribution in [0.3, 0.4) is 0 Å². The molecule has 2 atom stereocenters. The number of carboxylic acid groups (broad SMARTS) is 1. The van der Waals surface area contributed by atoms with Gasteiger partial charge in [0.1, 0.15) is 0 Å². The zero-order valence-electron chi connectivity index (χ0n) is 7.91. The molecule has 2 unspecified atom stereocenters. The summed E-state index contributed by atoms with van der Waals surface area (Å²) in [7, 11) is 0. The van der Waals surface area contributed by atoms with Crippen LogP contribution in [-0.2, 0) is 9.59 Å². The fourth-order valence-electron chi connectivity index (χ4n) is 0.841. The van der Waals surface area contributed by atoms with E-state index in [2.05, 4.69) is 5.32 Å². The molecule has 0 radical (unpaired) electrons. The second-order valence-electron chi connectivity index (χ2n) is 3.00. The van der Waals surface area contributed by atoms with E-state index in [4.69, 9.17) is 10.8 Å². The van der Waals surface area contributed by atoms with Gasteiger partial charge in [0.25, 0.3) is 0 Å². The highest BCUT2D eigenvalue weighted by atomic mass is 16.4. The number of hydrogen-bond donors (Lipinski definition) is 3. The Kier molecular flexibility index (Phi) is 5.06. The van der Waals surface area contributed by atoms with E-state index < -0.39 is 12.0 Å². The van der Waals surface area contributed by atoms with E-state index in [1.54, 1.807) is 6.92 Å². The van der Waals surface area contributed by atoms with Crippen molar-refractivity contribution in [3.63, 3.8) is 0 Å². The van der Waals surface area contributed by atoms with Gasteiger partial charge in [-0.05, 0) is 13.3 Å². The zero-order chi connectivity index (χ0) is 10.4. The molecule has 0 rings (SSSR count). The van der Waals surface area contributed by atoms with Gasteiger partial charge in [-0.25, -0.2) is 0 Å². The maximum absolute atomic E-state index is 11.1. The molecule has 0 heterocycles. The molecule has 0 bridgehead atoms. The molecule has 0 fully saturated rings. The topological polar surface area (TPSA) is 92.4 Å².